The maximum absolute atomic E-state index is 13.4. The zero-order chi connectivity index (χ0) is 13.8. The zero-order valence-corrected chi connectivity index (χ0v) is 10.8. The number of hydrogen-bond acceptors (Lipinski definition) is 3. The van der Waals surface area contributed by atoms with Crippen LogP contribution >= 0.6 is 0 Å². The van der Waals surface area contributed by atoms with Crippen LogP contribution in [0.4, 0.5) is 15.8 Å². The Morgan fingerprint density at radius 3 is 2.37 bits per heavy atom. The molecule has 0 aliphatic carbocycles. The minimum absolute atomic E-state index is 0.315. The second-order valence-corrected chi connectivity index (χ2v) is 4.12. The lowest BCUT2D eigenvalue weighted by molar-refractivity contribution is 0.112. The molecule has 0 unspecified atom stereocenters. The number of rotatable bonds is 4. The van der Waals surface area contributed by atoms with Gasteiger partial charge in [0.1, 0.15) is 17.9 Å². The summed E-state index contributed by atoms with van der Waals surface area (Å²) in [5.41, 5.74) is 1.81. The molecule has 0 saturated carbocycles. The van der Waals surface area contributed by atoms with E-state index in [1.54, 1.807) is 18.1 Å². The quantitative estimate of drug-likeness (QED) is 0.788. The average Bonchev–Trinajstić information content (AvgIpc) is 2.46. The summed E-state index contributed by atoms with van der Waals surface area (Å²) in [6, 6.07) is 11.6. The first-order chi connectivity index (χ1) is 9.13. The molecule has 0 saturated heterocycles. The van der Waals surface area contributed by atoms with Gasteiger partial charge in [-0.3, -0.25) is 4.79 Å². The summed E-state index contributed by atoms with van der Waals surface area (Å²) >= 11 is 0. The first kappa shape index (κ1) is 13.1. The van der Waals surface area contributed by atoms with Crippen LogP contribution in [0.2, 0.25) is 0 Å². The maximum atomic E-state index is 13.4. The second kappa shape index (κ2) is 5.52. The van der Waals surface area contributed by atoms with Gasteiger partial charge in [0.25, 0.3) is 0 Å². The Labute approximate surface area is 111 Å². The Morgan fingerprint density at radius 1 is 1.11 bits per heavy atom. The van der Waals surface area contributed by atoms with Crippen molar-refractivity contribution in [2.45, 2.75) is 0 Å². The first-order valence-electron chi connectivity index (χ1n) is 5.77. The van der Waals surface area contributed by atoms with Gasteiger partial charge < -0.3 is 9.64 Å². The molecular weight excluding hydrogens is 245 g/mol. The summed E-state index contributed by atoms with van der Waals surface area (Å²) in [6.45, 7) is 0. The van der Waals surface area contributed by atoms with Crippen LogP contribution in [0.1, 0.15) is 10.4 Å². The van der Waals surface area contributed by atoms with Gasteiger partial charge in [-0.15, -0.1) is 0 Å². The number of carbonyl (C=O) groups excluding carboxylic acids is 1. The molecular formula is C15H14FNO2. The van der Waals surface area contributed by atoms with E-state index in [4.69, 9.17) is 4.74 Å². The SMILES string of the molecule is COc1ccc(N(C)c2cc(F)cc(C=O)c2)cc1. The fourth-order valence-electron chi connectivity index (χ4n) is 1.81. The van der Waals surface area contributed by atoms with Gasteiger partial charge in [-0.2, -0.15) is 0 Å². The number of anilines is 2. The maximum Gasteiger partial charge on any atom is 0.150 e. The van der Waals surface area contributed by atoms with Crippen molar-refractivity contribution in [2.24, 2.45) is 0 Å². The predicted octanol–water partition coefficient (Wildman–Crippen LogP) is 3.41. The van der Waals surface area contributed by atoms with Crippen molar-refractivity contribution in [3.8, 4) is 5.75 Å². The highest BCUT2D eigenvalue weighted by atomic mass is 19.1. The Kier molecular flexibility index (Phi) is 3.80. The molecule has 4 heteroatoms. The van der Waals surface area contributed by atoms with Crippen molar-refractivity contribution >= 4 is 17.7 Å². The minimum atomic E-state index is -0.431. The van der Waals surface area contributed by atoms with Crippen molar-refractivity contribution in [3.05, 3.63) is 53.8 Å². The van der Waals surface area contributed by atoms with E-state index in [1.807, 2.05) is 31.3 Å². The molecule has 0 fully saturated rings. The van der Waals surface area contributed by atoms with E-state index in [0.717, 1.165) is 11.4 Å². The minimum Gasteiger partial charge on any atom is -0.497 e. The normalized spacial score (nSPS) is 10.1. The van der Waals surface area contributed by atoms with E-state index in [1.165, 1.54) is 12.1 Å². The van der Waals surface area contributed by atoms with Crippen LogP contribution in [0.15, 0.2) is 42.5 Å². The van der Waals surface area contributed by atoms with Crippen molar-refractivity contribution in [1.29, 1.82) is 0 Å². The lowest BCUT2D eigenvalue weighted by atomic mass is 10.2. The third-order valence-corrected chi connectivity index (χ3v) is 2.89. The number of carbonyl (C=O) groups is 1. The fraction of sp³-hybridized carbons (Fsp3) is 0.133. The van der Waals surface area contributed by atoms with Gasteiger partial charge in [0, 0.05) is 24.0 Å². The molecule has 2 aromatic carbocycles. The second-order valence-electron chi connectivity index (χ2n) is 4.12. The molecule has 19 heavy (non-hydrogen) atoms. The van der Waals surface area contributed by atoms with Crippen LogP contribution in [-0.2, 0) is 0 Å². The molecule has 0 heterocycles. The van der Waals surface area contributed by atoms with Crippen molar-refractivity contribution < 1.29 is 13.9 Å². The highest BCUT2D eigenvalue weighted by Crippen LogP contribution is 2.26. The Morgan fingerprint density at radius 2 is 1.79 bits per heavy atom. The summed E-state index contributed by atoms with van der Waals surface area (Å²) in [7, 11) is 3.41. The van der Waals surface area contributed by atoms with E-state index >= 15 is 0 Å². The van der Waals surface area contributed by atoms with E-state index in [0.29, 0.717) is 17.5 Å². The molecule has 3 nitrogen and oxygen atoms in total. The van der Waals surface area contributed by atoms with Gasteiger partial charge in [-0.25, -0.2) is 4.39 Å². The Balaban J connectivity index is 2.34. The number of benzene rings is 2. The monoisotopic (exact) mass is 259 g/mol. The number of aldehydes is 1. The van der Waals surface area contributed by atoms with E-state index in [-0.39, 0.29) is 0 Å². The average molecular weight is 259 g/mol. The van der Waals surface area contributed by atoms with Crippen LogP contribution in [0, 0.1) is 5.82 Å². The summed E-state index contributed by atoms with van der Waals surface area (Å²) < 4.78 is 18.5. The van der Waals surface area contributed by atoms with Gasteiger partial charge in [-0.1, -0.05) is 0 Å². The zero-order valence-electron chi connectivity index (χ0n) is 10.8. The van der Waals surface area contributed by atoms with Crippen molar-refractivity contribution in [1.82, 2.24) is 0 Å². The molecule has 0 atom stereocenters. The van der Waals surface area contributed by atoms with Crippen LogP contribution in [0.5, 0.6) is 5.75 Å². The van der Waals surface area contributed by atoms with E-state index < -0.39 is 5.82 Å². The van der Waals surface area contributed by atoms with Crippen molar-refractivity contribution in [3.63, 3.8) is 0 Å². The van der Waals surface area contributed by atoms with Gasteiger partial charge in [0.15, 0.2) is 0 Å². The number of halogens is 1. The smallest absolute Gasteiger partial charge is 0.150 e. The summed E-state index contributed by atoms with van der Waals surface area (Å²) in [6.07, 6.45) is 0.633. The van der Waals surface area contributed by atoms with Gasteiger partial charge in [-0.05, 0) is 42.5 Å². The van der Waals surface area contributed by atoms with Crippen LogP contribution in [-0.4, -0.2) is 20.4 Å². The van der Waals surface area contributed by atoms with Gasteiger partial charge in [0.2, 0.25) is 0 Å². The molecule has 98 valence electrons. The highest BCUT2D eigenvalue weighted by molar-refractivity contribution is 5.78. The van der Waals surface area contributed by atoms with Gasteiger partial charge >= 0.3 is 0 Å². The fourth-order valence-corrected chi connectivity index (χ4v) is 1.81. The summed E-state index contributed by atoms with van der Waals surface area (Å²) in [4.78, 5) is 12.6. The number of ether oxygens (including phenoxy) is 1. The number of hydrogen-bond donors (Lipinski definition) is 0. The molecule has 2 aromatic rings. The molecule has 0 N–H and O–H groups in total. The molecule has 0 aromatic heterocycles. The Bertz CT molecular complexity index is 581. The molecule has 0 aliphatic heterocycles. The van der Waals surface area contributed by atoms with Crippen LogP contribution < -0.4 is 9.64 Å². The van der Waals surface area contributed by atoms with E-state index in [2.05, 4.69) is 0 Å². The first-order valence-corrected chi connectivity index (χ1v) is 5.77. The molecule has 0 aliphatic rings. The predicted molar refractivity (Wildman–Crippen MR) is 72.8 cm³/mol. The third-order valence-electron chi connectivity index (χ3n) is 2.89. The summed E-state index contributed by atoms with van der Waals surface area (Å²) in [5.74, 6) is 0.324. The molecule has 0 bridgehead atoms. The summed E-state index contributed by atoms with van der Waals surface area (Å²) in [5, 5.41) is 0. The van der Waals surface area contributed by atoms with Crippen LogP contribution in [0.25, 0.3) is 0 Å². The largest absolute Gasteiger partial charge is 0.497 e. The lowest BCUT2D eigenvalue weighted by Gasteiger charge is -2.20. The lowest BCUT2D eigenvalue weighted by Crippen LogP contribution is -2.10. The highest BCUT2D eigenvalue weighted by Gasteiger charge is 2.07. The third kappa shape index (κ3) is 2.91. The standard InChI is InChI=1S/C15H14FNO2/c1-17(13-3-5-15(19-2)6-4-13)14-8-11(10-18)7-12(16)9-14/h3-10H,1-2H3. The topological polar surface area (TPSA) is 29.5 Å². The number of methoxy groups -OCH3 is 1. The number of nitrogens with zero attached hydrogens (tertiary/aromatic N) is 1. The van der Waals surface area contributed by atoms with Gasteiger partial charge in [0.05, 0.1) is 7.11 Å². The Hall–Kier alpha value is -2.36. The van der Waals surface area contributed by atoms with Crippen LogP contribution in [0.3, 0.4) is 0 Å². The molecule has 0 spiro atoms. The molecule has 0 radical (unpaired) electrons. The van der Waals surface area contributed by atoms with E-state index in [9.17, 15) is 9.18 Å². The van der Waals surface area contributed by atoms with Crippen molar-refractivity contribution in [2.75, 3.05) is 19.1 Å². The molecule has 2 rings (SSSR count). The molecule has 0 amide bonds.